The number of hydrogen-bond donors (Lipinski definition) is 1. The SMILES string of the molecule is NS(=O)(=O)c1ccc(OCCN2CCC[C@@H]2C2CCCC2)cc1. The fourth-order valence-electron chi connectivity index (χ4n) is 4.01. The lowest BCUT2D eigenvalue weighted by molar-refractivity contribution is 0.158. The van der Waals surface area contributed by atoms with E-state index in [1.807, 2.05) is 0 Å². The molecule has 0 aromatic heterocycles. The van der Waals surface area contributed by atoms with E-state index in [1.165, 1.54) is 57.2 Å². The normalized spacial score (nSPS) is 23.4. The Balaban J connectivity index is 1.49. The first-order valence-corrected chi connectivity index (χ1v) is 10.1. The largest absolute Gasteiger partial charge is 0.492 e. The first-order valence-electron chi connectivity index (χ1n) is 8.54. The van der Waals surface area contributed by atoms with Gasteiger partial charge in [0.25, 0.3) is 0 Å². The van der Waals surface area contributed by atoms with Crippen LogP contribution >= 0.6 is 0 Å². The van der Waals surface area contributed by atoms with Crippen LogP contribution in [-0.2, 0) is 10.0 Å². The maximum absolute atomic E-state index is 11.2. The molecular formula is C17H26N2O3S. The van der Waals surface area contributed by atoms with Crippen molar-refractivity contribution in [1.82, 2.24) is 4.90 Å². The molecule has 2 N–H and O–H groups in total. The summed E-state index contributed by atoms with van der Waals surface area (Å²) in [7, 11) is -3.63. The Bertz CT molecular complexity index is 609. The van der Waals surface area contributed by atoms with Crippen LogP contribution in [0.2, 0.25) is 0 Å². The third-order valence-electron chi connectivity index (χ3n) is 5.16. The van der Waals surface area contributed by atoms with Crippen molar-refractivity contribution in [2.24, 2.45) is 11.1 Å². The number of nitrogens with zero attached hydrogens (tertiary/aromatic N) is 1. The monoisotopic (exact) mass is 338 g/mol. The highest BCUT2D eigenvalue weighted by atomic mass is 32.2. The van der Waals surface area contributed by atoms with Gasteiger partial charge >= 0.3 is 0 Å². The molecule has 3 rings (SSSR count). The van der Waals surface area contributed by atoms with Crippen molar-refractivity contribution in [1.29, 1.82) is 0 Å². The Hall–Kier alpha value is -1.11. The minimum Gasteiger partial charge on any atom is -0.492 e. The zero-order chi connectivity index (χ0) is 16.3. The summed E-state index contributed by atoms with van der Waals surface area (Å²) in [6.07, 6.45) is 8.18. The van der Waals surface area contributed by atoms with Crippen LogP contribution in [0.15, 0.2) is 29.2 Å². The third kappa shape index (κ3) is 4.25. The number of nitrogens with two attached hydrogens (primary N) is 1. The zero-order valence-corrected chi connectivity index (χ0v) is 14.3. The molecule has 0 unspecified atom stereocenters. The van der Waals surface area contributed by atoms with Crippen LogP contribution < -0.4 is 9.88 Å². The molecule has 0 bridgehead atoms. The van der Waals surface area contributed by atoms with E-state index in [0.29, 0.717) is 12.4 Å². The fourth-order valence-corrected chi connectivity index (χ4v) is 4.53. The van der Waals surface area contributed by atoms with Gasteiger partial charge < -0.3 is 4.74 Å². The van der Waals surface area contributed by atoms with Crippen LogP contribution in [0, 0.1) is 5.92 Å². The quantitative estimate of drug-likeness (QED) is 0.864. The summed E-state index contributed by atoms with van der Waals surface area (Å²) in [5.74, 6) is 1.57. The van der Waals surface area contributed by atoms with E-state index in [0.717, 1.165) is 18.5 Å². The molecule has 0 spiro atoms. The van der Waals surface area contributed by atoms with E-state index in [1.54, 1.807) is 12.1 Å². The smallest absolute Gasteiger partial charge is 0.238 e. The Morgan fingerprint density at radius 1 is 1.09 bits per heavy atom. The topological polar surface area (TPSA) is 72.6 Å². The molecule has 5 nitrogen and oxygen atoms in total. The van der Waals surface area contributed by atoms with E-state index in [-0.39, 0.29) is 4.90 Å². The van der Waals surface area contributed by atoms with E-state index in [2.05, 4.69) is 4.90 Å². The van der Waals surface area contributed by atoms with Crippen LogP contribution in [0.4, 0.5) is 0 Å². The number of primary sulfonamides is 1. The van der Waals surface area contributed by atoms with Crippen LogP contribution in [0.3, 0.4) is 0 Å². The molecule has 2 fully saturated rings. The van der Waals surface area contributed by atoms with Crippen LogP contribution in [0.5, 0.6) is 5.75 Å². The minimum atomic E-state index is -3.63. The summed E-state index contributed by atoms with van der Waals surface area (Å²) >= 11 is 0. The van der Waals surface area contributed by atoms with Gasteiger partial charge in [0.15, 0.2) is 0 Å². The van der Waals surface area contributed by atoms with Crippen molar-refractivity contribution < 1.29 is 13.2 Å². The minimum absolute atomic E-state index is 0.116. The highest BCUT2D eigenvalue weighted by molar-refractivity contribution is 7.89. The highest BCUT2D eigenvalue weighted by Gasteiger charge is 2.32. The van der Waals surface area contributed by atoms with E-state index < -0.39 is 10.0 Å². The molecule has 0 radical (unpaired) electrons. The van der Waals surface area contributed by atoms with Gasteiger partial charge in [-0.2, -0.15) is 0 Å². The summed E-state index contributed by atoms with van der Waals surface area (Å²) in [5, 5.41) is 5.09. The Morgan fingerprint density at radius 3 is 2.43 bits per heavy atom. The molecule has 1 aliphatic heterocycles. The number of hydrogen-bond acceptors (Lipinski definition) is 4. The maximum atomic E-state index is 11.2. The fraction of sp³-hybridized carbons (Fsp3) is 0.647. The second-order valence-corrected chi connectivity index (χ2v) is 8.22. The molecule has 6 heteroatoms. The molecule has 1 aliphatic carbocycles. The number of likely N-dealkylation sites (tertiary alicyclic amines) is 1. The third-order valence-corrected chi connectivity index (χ3v) is 6.09. The van der Waals surface area contributed by atoms with Gasteiger partial charge in [0.05, 0.1) is 4.90 Å². The van der Waals surface area contributed by atoms with Crippen molar-refractivity contribution in [2.45, 2.75) is 49.5 Å². The summed E-state index contributed by atoms with van der Waals surface area (Å²) < 4.78 is 28.2. The standard InChI is InChI=1S/C17H26N2O3S/c18-23(20,21)16-9-7-15(8-10-16)22-13-12-19-11-3-6-17(19)14-4-1-2-5-14/h7-10,14,17H,1-6,11-13H2,(H2,18,20,21)/t17-/m1/s1. The number of benzene rings is 1. The molecule has 1 heterocycles. The van der Waals surface area contributed by atoms with Crippen molar-refractivity contribution in [3.05, 3.63) is 24.3 Å². The molecule has 1 aromatic carbocycles. The number of ether oxygens (including phenoxy) is 1. The molecule has 2 aliphatic rings. The van der Waals surface area contributed by atoms with Crippen LogP contribution in [0.1, 0.15) is 38.5 Å². The number of rotatable bonds is 6. The average molecular weight is 338 g/mol. The van der Waals surface area contributed by atoms with Gasteiger partial charge in [0, 0.05) is 12.6 Å². The highest BCUT2D eigenvalue weighted by Crippen LogP contribution is 2.35. The van der Waals surface area contributed by atoms with E-state index in [9.17, 15) is 8.42 Å². The van der Waals surface area contributed by atoms with Gasteiger partial charge in [0.2, 0.25) is 10.0 Å². The van der Waals surface area contributed by atoms with Crippen molar-refractivity contribution in [3.8, 4) is 5.75 Å². The second kappa shape index (κ2) is 7.20. The lowest BCUT2D eigenvalue weighted by Gasteiger charge is -2.29. The van der Waals surface area contributed by atoms with Gasteiger partial charge in [-0.3, -0.25) is 4.90 Å². The van der Waals surface area contributed by atoms with Crippen LogP contribution in [-0.4, -0.2) is 39.1 Å². The Morgan fingerprint density at radius 2 is 1.78 bits per heavy atom. The lowest BCUT2D eigenvalue weighted by Crippen LogP contribution is -2.37. The molecule has 1 aromatic rings. The summed E-state index contributed by atoms with van der Waals surface area (Å²) in [6.45, 7) is 2.75. The van der Waals surface area contributed by atoms with Crippen molar-refractivity contribution in [2.75, 3.05) is 19.7 Å². The first-order chi connectivity index (χ1) is 11.0. The van der Waals surface area contributed by atoms with Gasteiger partial charge in [-0.05, 0) is 62.4 Å². The molecule has 128 valence electrons. The number of sulfonamides is 1. The molecule has 1 saturated carbocycles. The van der Waals surface area contributed by atoms with Gasteiger partial charge in [-0.1, -0.05) is 12.8 Å². The van der Waals surface area contributed by atoms with Gasteiger partial charge in [0.1, 0.15) is 12.4 Å². The molecular weight excluding hydrogens is 312 g/mol. The Labute approximate surface area is 138 Å². The second-order valence-electron chi connectivity index (χ2n) is 6.65. The van der Waals surface area contributed by atoms with Gasteiger partial charge in [-0.15, -0.1) is 0 Å². The molecule has 0 amide bonds. The van der Waals surface area contributed by atoms with Gasteiger partial charge in [-0.25, -0.2) is 13.6 Å². The molecule has 23 heavy (non-hydrogen) atoms. The summed E-state index contributed by atoms with van der Waals surface area (Å²) in [6, 6.07) is 7.05. The predicted octanol–water partition coefficient (Wildman–Crippen LogP) is 2.37. The van der Waals surface area contributed by atoms with Crippen LogP contribution in [0.25, 0.3) is 0 Å². The zero-order valence-electron chi connectivity index (χ0n) is 13.5. The van der Waals surface area contributed by atoms with E-state index in [4.69, 9.17) is 9.88 Å². The molecule has 1 atom stereocenters. The first kappa shape index (κ1) is 16.7. The van der Waals surface area contributed by atoms with Crippen molar-refractivity contribution >= 4 is 10.0 Å². The van der Waals surface area contributed by atoms with E-state index >= 15 is 0 Å². The predicted molar refractivity (Wildman–Crippen MR) is 89.9 cm³/mol. The summed E-state index contributed by atoms with van der Waals surface area (Å²) in [4.78, 5) is 2.69. The maximum Gasteiger partial charge on any atom is 0.238 e. The molecule has 1 saturated heterocycles. The lowest BCUT2D eigenvalue weighted by atomic mass is 9.96. The average Bonchev–Trinajstić information content (AvgIpc) is 3.17. The van der Waals surface area contributed by atoms with Crippen molar-refractivity contribution in [3.63, 3.8) is 0 Å². The summed E-state index contributed by atoms with van der Waals surface area (Å²) in [5.41, 5.74) is 0. The Kier molecular flexibility index (Phi) is 5.24.